The van der Waals surface area contributed by atoms with Crippen LogP contribution >= 0.6 is 0 Å². The maximum atomic E-state index is 5.49. The first-order valence-electron chi connectivity index (χ1n) is 7.18. The van der Waals surface area contributed by atoms with Gasteiger partial charge < -0.3 is 5.43 Å². The minimum absolute atomic E-state index is 0.518. The van der Waals surface area contributed by atoms with Gasteiger partial charge >= 0.3 is 0 Å². The molecule has 4 heteroatoms. The van der Waals surface area contributed by atoms with Gasteiger partial charge in [-0.15, -0.1) is 0 Å². The highest BCUT2D eigenvalue weighted by Crippen LogP contribution is 2.29. The summed E-state index contributed by atoms with van der Waals surface area (Å²) in [5.41, 5.74) is 3.74. The highest BCUT2D eigenvalue weighted by atomic mass is 15.3. The summed E-state index contributed by atoms with van der Waals surface area (Å²) in [6, 6.07) is 1.94. The Labute approximate surface area is 109 Å². The van der Waals surface area contributed by atoms with E-state index >= 15 is 0 Å². The molecule has 1 aromatic heterocycles. The Morgan fingerprint density at radius 3 is 2.44 bits per heavy atom. The first kappa shape index (κ1) is 13.3. The van der Waals surface area contributed by atoms with Gasteiger partial charge in [-0.1, -0.05) is 39.0 Å². The van der Waals surface area contributed by atoms with E-state index in [2.05, 4.69) is 22.3 Å². The van der Waals surface area contributed by atoms with E-state index in [4.69, 9.17) is 5.84 Å². The number of aromatic nitrogens is 2. The summed E-state index contributed by atoms with van der Waals surface area (Å²) in [6.45, 7) is 2.12. The summed E-state index contributed by atoms with van der Waals surface area (Å²) in [5.74, 6) is 7.74. The van der Waals surface area contributed by atoms with Crippen LogP contribution in [0, 0.1) is 0 Å². The maximum Gasteiger partial charge on any atom is 0.143 e. The lowest BCUT2D eigenvalue weighted by Gasteiger charge is -2.19. The van der Waals surface area contributed by atoms with E-state index in [1.807, 2.05) is 6.07 Å². The van der Waals surface area contributed by atoms with E-state index in [9.17, 15) is 0 Å². The Bertz CT molecular complexity index is 348. The molecular formula is C14H24N4. The Balaban J connectivity index is 2.18. The van der Waals surface area contributed by atoms with Crippen molar-refractivity contribution in [2.24, 2.45) is 5.84 Å². The van der Waals surface area contributed by atoms with Crippen molar-refractivity contribution in [3.63, 3.8) is 0 Å². The van der Waals surface area contributed by atoms with E-state index < -0.39 is 0 Å². The molecule has 18 heavy (non-hydrogen) atoms. The fourth-order valence-corrected chi connectivity index (χ4v) is 2.67. The maximum absolute atomic E-state index is 5.49. The van der Waals surface area contributed by atoms with Gasteiger partial charge in [0.2, 0.25) is 0 Å². The molecule has 0 radical (unpaired) electrons. The van der Waals surface area contributed by atoms with E-state index in [-0.39, 0.29) is 0 Å². The topological polar surface area (TPSA) is 63.8 Å². The Kier molecular flexibility index (Phi) is 4.93. The van der Waals surface area contributed by atoms with Crippen molar-refractivity contribution in [2.45, 2.75) is 64.2 Å². The molecule has 1 saturated carbocycles. The van der Waals surface area contributed by atoms with Crippen LogP contribution in [0.3, 0.4) is 0 Å². The van der Waals surface area contributed by atoms with Crippen LogP contribution < -0.4 is 11.3 Å². The average Bonchev–Trinajstić information content (AvgIpc) is 2.37. The fourth-order valence-electron chi connectivity index (χ4n) is 2.67. The van der Waals surface area contributed by atoms with Gasteiger partial charge in [0.05, 0.1) is 0 Å². The van der Waals surface area contributed by atoms with Gasteiger partial charge in [-0.05, 0) is 19.3 Å². The first-order chi connectivity index (χ1) is 8.83. The average molecular weight is 248 g/mol. The smallest absolute Gasteiger partial charge is 0.143 e. The van der Waals surface area contributed by atoms with Gasteiger partial charge in [0, 0.05) is 17.7 Å². The predicted molar refractivity (Wildman–Crippen MR) is 74.3 cm³/mol. The second kappa shape index (κ2) is 6.69. The molecule has 2 rings (SSSR count). The molecule has 0 amide bonds. The first-order valence-corrected chi connectivity index (χ1v) is 7.18. The summed E-state index contributed by atoms with van der Waals surface area (Å²) in [7, 11) is 0. The van der Waals surface area contributed by atoms with Crippen molar-refractivity contribution in [1.29, 1.82) is 0 Å². The zero-order chi connectivity index (χ0) is 12.8. The molecular weight excluding hydrogens is 224 g/mol. The molecule has 4 nitrogen and oxygen atoms in total. The molecule has 0 spiro atoms. The van der Waals surface area contributed by atoms with Gasteiger partial charge in [0.1, 0.15) is 11.6 Å². The number of nitrogens with one attached hydrogen (secondary N) is 1. The lowest BCUT2D eigenvalue weighted by Crippen LogP contribution is -2.14. The van der Waals surface area contributed by atoms with Crippen LogP contribution in [-0.4, -0.2) is 9.97 Å². The van der Waals surface area contributed by atoms with Gasteiger partial charge in [-0.3, -0.25) is 0 Å². The summed E-state index contributed by atoms with van der Waals surface area (Å²) in [6.07, 6.45) is 10.1. The zero-order valence-corrected chi connectivity index (χ0v) is 11.3. The standard InChI is InChI=1S/C14H24N4/c1-2-12-10-13(18-15)17-14(16-12)11-8-6-4-3-5-7-9-11/h10-11H,2-9,15H2,1H3,(H,16,17,18). The molecule has 0 aliphatic heterocycles. The lowest BCUT2D eigenvalue weighted by molar-refractivity contribution is 0.441. The van der Waals surface area contributed by atoms with E-state index in [0.29, 0.717) is 5.92 Å². The predicted octanol–water partition coefficient (Wildman–Crippen LogP) is 3.15. The van der Waals surface area contributed by atoms with Crippen LogP contribution in [0.5, 0.6) is 0 Å². The number of nitrogens with zero attached hydrogens (tertiary/aromatic N) is 2. The van der Waals surface area contributed by atoms with Crippen molar-refractivity contribution in [3.05, 3.63) is 17.6 Å². The summed E-state index contributed by atoms with van der Waals surface area (Å²) < 4.78 is 0. The molecule has 1 heterocycles. The second-order valence-electron chi connectivity index (χ2n) is 5.14. The minimum atomic E-state index is 0.518. The van der Waals surface area contributed by atoms with Gasteiger partial charge in [-0.25, -0.2) is 15.8 Å². The third-order valence-corrected chi connectivity index (χ3v) is 3.78. The lowest BCUT2D eigenvalue weighted by atomic mass is 9.90. The molecule has 1 aliphatic rings. The van der Waals surface area contributed by atoms with Crippen molar-refractivity contribution >= 4 is 5.82 Å². The zero-order valence-electron chi connectivity index (χ0n) is 11.3. The molecule has 1 aliphatic carbocycles. The van der Waals surface area contributed by atoms with Crippen molar-refractivity contribution in [1.82, 2.24) is 9.97 Å². The minimum Gasteiger partial charge on any atom is -0.308 e. The third kappa shape index (κ3) is 3.42. The van der Waals surface area contributed by atoms with Crippen molar-refractivity contribution < 1.29 is 0 Å². The fraction of sp³-hybridized carbons (Fsp3) is 0.714. The number of aryl methyl sites for hydroxylation is 1. The molecule has 1 aromatic rings. The molecule has 0 bridgehead atoms. The van der Waals surface area contributed by atoms with Gasteiger partial charge in [-0.2, -0.15) is 0 Å². The van der Waals surface area contributed by atoms with Gasteiger partial charge in [0.15, 0.2) is 0 Å². The van der Waals surface area contributed by atoms with Crippen LogP contribution in [0.1, 0.15) is 69.3 Å². The molecule has 0 aromatic carbocycles. The molecule has 0 saturated heterocycles. The molecule has 100 valence electrons. The highest BCUT2D eigenvalue weighted by molar-refractivity contribution is 5.35. The van der Waals surface area contributed by atoms with Crippen molar-refractivity contribution in [2.75, 3.05) is 5.43 Å². The quantitative estimate of drug-likeness (QED) is 0.637. The largest absolute Gasteiger partial charge is 0.308 e. The van der Waals surface area contributed by atoms with Crippen LogP contribution in [0.25, 0.3) is 0 Å². The number of hydrogen-bond acceptors (Lipinski definition) is 4. The molecule has 0 atom stereocenters. The highest BCUT2D eigenvalue weighted by Gasteiger charge is 2.17. The number of hydrogen-bond donors (Lipinski definition) is 2. The third-order valence-electron chi connectivity index (χ3n) is 3.78. The summed E-state index contributed by atoms with van der Waals surface area (Å²) in [5, 5.41) is 0. The molecule has 3 N–H and O–H groups in total. The number of nitrogens with two attached hydrogens (primary N) is 1. The van der Waals surface area contributed by atoms with Gasteiger partial charge in [0.25, 0.3) is 0 Å². The van der Waals surface area contributed by atoms with Crippen LogP contribution in [0.15, 0.2) is 6.07 Å². The number of nitrogen functional groups attached to an aromatic ring is 1. The number of rotatable bonds is 3. The van der Waals surface area contributed by atoms with Crippen LogP contribution in [0.4, 0.5) is 5.82 Å². The normalized spacial score (nSPS) is 18.1. The number of anilines is 1. The molecule has 1 fully saturated rings. The van der Waals surface area contributed by atoms with Crippen LogP contribution in [-0.2, 0) is 6.42 Å². The van der Waals surface area contributed by atoms with Crippen LogP contribution in [0.2, 0.25) is 0 Å². The second-order valence-corrected chi connectivity index (χ2v) is 5.14. The molecule has 0 unspecified atom stereocenters. The Hall–Kier alpha value is -1.16. The van der Waals surface area contributed by atoms with E-state index in [0.717, 1.165) is 23.8 Å². The van der Waals surface area contributed by atoms with E-state index in [1.165, 1.54) is 44.9 Å². The monoisotopic (exact) mass is 248 g/mol. The summed E-state index contributed by atoms with van der Waals surface area (Å²) in [4.78, 5) is 9.24. The Morgan fingerprint density at radius 2 is 1.83 bits per heavy atom. The Morgan fingerprint density at radius 1 is 1.17 bits per heavy atom. The SMILES string of the molecule is CCc1cc(NN)nc(C2CCCCCCC2)n1. The summed E-state index contributed by atoms with van der Waals surface area (Å²) >= 11 is 0. The van der Waals surface area contributed by atoms with Crippen molar-refractivity contribution in [3.8, 4) is 0 Å². The van der Waals surface area contributed by atoms with E-state index in [1.54, 1.807) is 0 Å². The number of hydrazine groups is 1.